The van der Waals surface area contributed by atoms with Gasteiger partial charge in [0.05, 0.1) is 6.42 Å². The molecule has 0 spiro atoms. The first-order chi connectivity index (χ1) is 13.3. The molecule has 1 aromatic heterocycles. The molecule has 1 aliphatic rings. The maximum absolute atomic E-state index is 14.3. The van der Waals surface area contributed by atoms with E-state index in [1.807, 2.05) is 13.8 Å². The van der Waals surface area contributed by atoms with Crippen molar-refractivity contribution in [1.82, 2.24) is 14.7 Å². The van der Waals surface area contributed by atoms with E-state index in [4.69, 9.17) is 5.11 Å². The SMILES string of the molecule is CC(C)CN(CCC(=O)O)C(=O)c1nn(-c2cccc(F)c2F)c2c1CCC2. The normalized spacial score (nSPS) is 13.0. The van der Waals surface area contributed by atoms with Crippen molar-refractivity contribution in [2.75, 3.05) is 13.1 Å². The number of hydrogen-bond donors (Lipinski definition) is 1. The van der Waals surface area contributed by atoms with E-state index in [9.17, 15) is 18.4 Å². The molecule has 3 rings (SSSR count). The van der Waals surface area contributed by atoms with E-state index in [1.165, 1.54) is 21.7 Å². The summed E-state index contributed by atoms with van der Waals surface area (Å²) in [5.74, 6) is -3.20. The fourth-order valence-corrected chi connectivity index (χ4v) is 3.56. The molecule has 8 heteroatoms. The van der Waals surface area contributed by atoms with Crippen molar-refractivity contribution in [3.63, 3.8) is 0 Å². The highest BCUT2D eigenvalue weighted by atomic mass is 19.2. The molecule has 28 heavy (non-hydrogen) atoms. The summed E-state index contributed by atoms with van der Waals surface area (Å²) in [6.07, 6.45) is 1.87. The number of rotatable bonds is 7. The standard InChI is InChI=1S/C20H23F2N3O3/c1-12(2)11-24(10-9-17(26)27)20(28)19-13-5-3-7-15(13)25(23-19)16-8-4-6-14(21)18(16)22/h4,6,8,12H,3,5,7,9-11H2,1-2H3,(H,26,27). The van der Waals surface area contributed by atoms with Gasteiger partial charge in [0, 0.05) is 24.3 Å². The van der Waals surface area contributed by atoms with E-state index in [1.54, 1.807) is 0 Å². The van der Waals surface area contributed by atoms with Crippen molar-refractivity contribution < 1.29 is 23.5 Å². The van der Waals surface area contributed by atoms with Gasteiger partial charge in [0.25, 0.3) is 5.91 Å². The minimum absolute atomic E-state index is 0.0295. The number of carbonyl (C=O) groups is 2. The smallest absolute Gasteiger partial charge is 0.305 e. The van der Waals surface area contributed by atoms with Crippen LogP contribution in [0, 0.1) is 17.6 Å². The van der Waals surface area contributed by atoms with Crippen LogP contribution in [0.3, 0.4) is 0 Å². The number of nitrogens with zero attached hydrogens (tertiary/aromatic N) is 3. The first-order valence-electron chi connectivity index (χ1n) is 9.35. The molecule has 0 aliphatic heterocycles. The van der Waals surface area contributed by atoms with Crippen molar-refractivity contribution in [3.8, 4) is 5.69 Å². The van der Waals surface area contributed by atoms with Crippen LogP contribution >= 0.6 is 0 Å². The van der Waals surface area contributed by atoms with Crippen LogP contribution < -0.4 is 0 Å². The zero-order chi connectivity index (χ0) is 20.4. The Balaban J connectivity index is 2.01. The molecule has 2 aromatic rings. The van der Waals surface area contributed by atoms with Crippen molar-refractivity contribution in [1.29, 1.82) is 0 Å². The van der Waals surface area contributed by atoms with Crippen molar-refractivity contribution in [2.24, 2.45) is 5.92 Å². The largest absolute Gasteiger partial charge is 0.481 e. The van der Waals surface area contributed by atoms with Crippen molar-refractivity contribution >= 4 is 11.9 Å². The third-order valence-electron chi connectivity index (χ3n) is 4.76. The summed E-state index contributed by atoms with van der Waals surface area (Å²) in [6.45, 7) is 4.34. The molecule has 1 aromatic carbocycles. The average Bonchev–Trinajstić information content (AvgIpc) is 3.23. The maximum Gasteiger partial charge on any atom is 0.305 e. The summed E-state index contributed by atoms with van der Waals surface area (Å²) in [6, 6.07) is 3.86. The fourth-order valence-electron chi connectivity index (χ4n) is 3.56. The van der Waals surface area contributed by atoms with E-state index >= 15 is 0 Å². The highest BCUT2D eigenvalue weighted by molar-refractivity contribution is 5.94. The average molecular weight is 391 g/mol. The Morgan fingerprint density at radius 3 is 2.71 bits per heavy atom. The van der Waals surface area contributed by atoms with Crippen molar-refractivity contribution in [2.45, 2.75) is 39.5 Å². The Bertz CT molecular complexity index is 908. The van der Waals surface area contributed by atoms with Gasteiger partial charge in [0.2, 0.25) is 0 Å². The monoisotopic (exact) mass is 391 g/mol. The number of aliphatic carboxylic acids is 1. The zero-order valence-corrected chi connectivity index (χ0v) is 15.9. The highest BCUT2D eigenvalue weighted by Gasteiger charge is 2.31. The molecular formula is C20H23F2N3O3. The van der Waals surface area contributed by atoms with Gasteiger partial charge in [0.15, 0.2) is 17.3 Å². The lowest BCUT2D eigenvalue weighted by atomic mass is 10.1. The van der Waals surface area contributed by atoms with Gasteiger partial charge in [-0.3, -0.25) is 9.59 Å². The third-order valence-corrected chi connectivity index (χ3v) is 4.76. The molecule has 0 bridgehead atoms. The van der Waals surface area contributed by atoms with Crippen LogP contribution in [0.15, 0.2) is 18.2 Å². The number of hydrogen-bond acceptors (Lipinski definition) is 3. The molecule has 0 radical (unpaired) electrons. The summed E-state index contributed by atoms with van der Waals surface area (Å²) in [5.41, 5.74) is 1.61. The number of amides is 1. The molecule has 0 atom stereocenters. The van der Waals surface area contributed by atoms with Crippen molar-refractivity contribution in [3.05, 3.63) is 46.8 Å². The number of benzene rings is 1. The number of carboxylic acids is 1. The summed E-state index contributed by atoms with van der Waals surface area (Å²) in [7, 11) is 0. The fraction of sp³-hybridized carbons (Fsp3) is 0.450. The zero-order valence-electron chi connectivity index (χ0n) is 15.9. The van der Waals surface area contributed by atoms with E-state index in [2.05, 4.69) is 5.10 Å². The first-order valence-corrected chi connectivity index (χ1v) is 9.35. The second-order valence-corrected chi connectivity index (χ2v) is 7.40. The number of aromatic nitrogens is 2. The number of carbonyl (C=O) groups excluding carboxylic acids is 1. The lowest BCUT2D eigenvalue weighted by Gasteiger charge is -2.23. The molecule has 0 fully saturated rings. The van der Waals surface area contributed by atoms with E-state index in [-0.39, 0.29) is 36.2 Å². The van der Waals surface area contributed by atoms with Gasteiger partial charge in [-0.2, -0.15) is 5.10 Å². The van der Waals surface area contributed by atoms with Gasteiger partial charge in [-0.15, -0.1) is 0 Å². The minimum atomic E-state index is -1.01. The first kappa shape index (κ1) is 20.0. The van der Waals surface area contributed by atoms with E-state index < -0.39 is 17.6 Å². The molecular weight excluding hydrogens is 368 g/mol. The molecule has 0 saturated carbocycles. The molecule has 150 valence electrons. The second kappa shape index (κ2) is 8.08. The Kier molecular flexibility index (Phi) is 5.76. The Morgan fingerprint density at radius 2 is 2.04 bits per heavy atom. The molecule has 1 aliphatic carbocycles. The Labute approximate surface area is 161 Å². The van der Waals surface area contributed by atoms with Gasteiger partial charge in [-0.25, -0.2) is 13.5 Å². The van der Waals surface area contributed by atoms with Gasteiger partial charge >= 0.3 is 5.97 Å². The highest BCUT2D eigenvalue weighted by Crippen LogP contribution is 2.30. The summed E-state index contributed by atoms with van der Waals surface area (Å²) >= 11 is 0. The molecule has 1 amide bonds. The van der Waals surface area contributed by atoms with Crippen LogP contribution in [-0.4, -0.2) is 44.8 Å². The van der Waals surface area contributed by atoms with Crippen LogP contribution in [0.25, 0.3) is 5.69 Å². The van der Waals surface area contributed by atoms with Gasteiger partial charge in [-0.05, 0) is 37.3 Å². The Hall–Kier alpha value is -2.77. The minimum Gasteiger partial charge on any atom is -0.481 e. The quantitative estimate of drug-likeness (QED) is 0.786. The second-order valence-electron chi connectivity index (χ2n) is 7.40. The predicted octanol–water partition coefficient (Wildman–Crippen LogP) is 3.21. The van der Waals surface area contributed by atoms with Crippen LogP contribution in [0.2, 0.25) is 0 Å². The molecule has 0 saturated heterocycles. The third kappa shape index (κ3) is 3.90. The molecule has 1 heterocycles. The summed E-state index contributed by atoms with van der Waals surface area (Å²) < 4.78 is 29.3. The number of carboxylic acid groups (broad SMARTS) is 1. The maximum atomic E-state index is 14.3. The summed E-state index contributed by atoms with van der Waals surface area (Å²) in [4.78, 5) is 25.6. The number of halogens is 2. The number of fused-ring (bicyclic) bond motifs is 1. The summed E-state index contributed by atoms with van der Waals surface area (Å²) in [5, 5.41) is 13.3. The lowest BCUT2D eigenvalue weighted by Crippen LogP contribution is -2.36. The van der Waals surface area contributed by atoms with Gasteiger partial charge < -0.3 is 10.0 Å². The lowest BCUT2D eigenvalue weighted by molar-refractivity contribution is -0.137. The van der Waals surface area contributed by atoms with Crippen LogP contribution in [0.1, 0.15) is 48.4 Å². The molecule has 6 nitrogen and oxygen atoms in total. The van der Waals surface area contributed by atoms with Crippen LogP contribution in [-0.2, 0) is 17.6 Å². The van der Waals surface area contributed by atoms with Gasteiger partial charge in [-0.1, -0.05) is 19.9 Å². The van der Waals surface area contributed by atoms with Gasteiger partial charge in [0.1, 0.15) is 5.69 Å². The van der Waals surface area contributed by atoms with Crippen LogP contribution in [0.4, 0.5) is 8.78 Å². The predicted molar refractivity (Wildman–Crippen MR) is 98.5 cm³/mol. The van der Waals surface area contributed by atoms with E-state index in [0.29, 0.717) is 25.1 Å². The van der Waals surface area contributed by atoms with Crippen LogP contribution in [0.5, 0.6) is 0 Å². The molecule has 0 unspecified atom stereocenters. The van der Waals surface area contributed by atoms with E-state index in [0.717, 1.165) is 18.1 Å². The molecule has 1 N–H and O–H groups in total. The topological polar surface area (TPSA) is 75.4 Å². The Morgan fingerprint density at radius 1 is 1.29 bits per heavy atom.